The number of nitrogens with zero attached hydrogens (tertiary/aromatic N) is 2. The molecule has 2 aliphatic rings. The van der Waals surface area contributed by atoms with Gasteiger partial charge >= 0.3 is 11.9 Å². The van der Waals surface area contributed by atoms with E-state index in [9.17, 15) is 9.59 Å². The zero-order chi connectivity index (χ0) is 45.3. The third-order valence-electron chi connectivity index (χ3n) is 13.0. The third-order valence-corrected chi connectivity index (χ3v) is 13.0. The first kappa shape index (κ1) is 48.6. The Balaban J connectivity index is 0.709. The van der Waals surface area contributed by atoms with E-state index in [1.807, 2.05) is 72.8 Å². The highest BCUT2D eigenvalue weighted by Gasteiger charge is 2.53. The van der Waals surface area contributed by atoms with Gasteiger partial charge in [-0.2, -0.15) is 10.5 Å². The first-order valence-corrected chi connectivity index (χ1v) is 24.5. The number of hydrogen-bond acceptors (Lipinski definition) is 8. The summed E-state index contributed by atoms with van der Waals surface area (Å²) in [7, 11) is 0. The minimum absolute atomic E-state index is 0.0797. The normalized spacial score (nSPS) is 17.0. The molecule has 6 rings (SSSR count). The molecular weight excluding hydrogens is 809 g/mol. The lowest BCUT2D eigenvalue weighted by Gasteiger charge is -2.25. The largest absolute Gasteiger partial charge is 0.494 e. The van der Waals surface area contributed by atoms with Crippen molar-refractivity contribution in [3.63, 3.8) is 0 Å². The van der Waals surface area contributed by atoms with Crippen LogP contribution in [0.3, 0.4) is 0 Å². The number of ether oxygens (including phenoxy) is 4. The van der Waals surface area contributed by atoms with Gasteiger partial charge in [-0.3, -0.25) is 9.59 Å². The van der Waals surface area contributed by atoms with Crippen LogP contribution in [0.2, 0.25) is 0 Å². The number of esters is 2. The molecule has 1 saturated carbocycles. The Kier molecular flexibility index (Phi) is 20.5. The SMILES string of the molecule is N#Cc1ccc(-c2ccc(OCCCCCCCCCCCOC(=O)[C@@H]3[C@@H](C(=O)OCCCCCCCCCCCOc4ccc(-c5ccc(C#N)cc5)cc4)[C@H]4C=C[C@@H]3C4)cc2)cc1. The van der Waals surface area contributed by atoms with Gasteiger partial charge in [0.15, 0.2) is 0 Å². The highest BCUT2D eigenvalue weighted by molar-refractivity contribution is 5.84. The fraction of sp³-hybridized carbons (Fsp3) is 0.474. The van der Waals surface area contributed by atoms with Gasteiger partial charge < -0.3 is 18.9 Å². The Morgan fingerprint density at radius 1 is 0.400 bits per heavy atom. The molecule has 0 radical (unpaired) electrons. The lowest BCUT2D eigenvalue weighted by molar-refractivity contribution is -0.161. The second-order valence-corrected chi connectivity index (χ2v) is 17.8. The van der Waals surface area contributed by atoms with Gasteiger partial charge in [-0.1, -0.05) is 151 Å². The summed E-state index contributed by atoms with van der Waals surface area (Å²) in [6, 6.07) is 35.8. The van der Waals surface area contributed by atoms with Gasteiger partial charge in [0.05, 0.1) is 61.5 Å². The smallest absolute Gasteiger partial charge is 0.310 e. The molecule has 0 spiro atoms. The number of carbonyl (C=O) groups excluding carboxylic acids is 2. The molecule has 8 nitrogen and oxygen atoms in total. The summed E-state index contributed by atoms with van der Waals surface area (Å²) in [5.74, 6) is 0.641. The van der Waals surface area contributed by atoms with Gasteiger partial charge in [0.1, 0.15) is 11.5 Å². The third kappa shape index (κ3) is 16.0. The molecule has 0 saturated heterocycles. The van der Waals surface area contributed by atoms with Crippen LogP contribution in [0.25, 0.3) is 22.3 Å². The van der Waals surface area contributed by atoms with Crippen molar-refractivity contribution in [2.75, 3.05) is 26.4 Å². The molecule has 0 amide bonds. The summed E-state index contributed by atoms with van der Waals surface area (Å²) >= 11 is 0. The van der Waals surface area contributed by atoms with Gasteiger partial charge in [-0.05, 0) is 115 Å². The minimum atomic E-state index is -0.414. The summed E-state index contributed by atoms with van der Waals surface area (Å²) in [4.78, 5) is 26.4. The standard InChI is InChI=1S/C57H68N2O6/c58-42-44-19-23-46(24-20-44)48-29-33-52(34-30-48)62-37-15-11-7-3-1-5-9-13-17-39-64-56(60)54-50-27-28-51(41-50)55(54)57(61)65-40-18-14-10-6-2-4-8-12-16-38-63-53-35-31-49(32-36-53)47-25-21-45(43-59)22-26-47/h19-36,50-51,54-55H,1-18,37-41H2/t50-,51+,54-,55-/m0/s1. The Bertz CT molecular complexity index is 1980. The molecule has 0 N–H and O–H groups in total. The maximum Gasteiger partial charge on any atom is 0.310 e. The van der Waals surface area contributed by atoms with E-state index in [0.717, 1.165) is 118 Å². The predicted octanol–water partition coefficient (Wildman–Crippen LogP) is 13.8. The highest BCUT2D eigenvalue weighted by atomic mass is 16.5. The van der Waals surface area contributed by atoms with Crippen LogP contribution in [0.1, 0.15) is 133 Å². The molecular formula is C57H68N2O6. The summed E-state index contributed by atoms with van der Waals surface area (Å²) < 4.78 is 23.4. The van der Waals surface area contributed by atoms with Crippen molar-refractivity contribution >= 4 is 11.9 Å². The van der Waals surface area contributed by atoms with Gasteiger partial charge in [-0.15, -0.1) is 0 Å². The molecule has 2 aliphatic carbocycles. The molecule has 0 unspecified atom stereocenters. The zero-order valence-corrected chi connectivity index (χ0v) is 38.3. The number of benzene rings is 4. The van der Waals surface area contributed by atoms with Crippen LogP contribution in [0.15, 0.2) is 109 Å². The fourth-order valence-corrected chi connectivity index (χ4v) is 9.23. The van der Waals surface area contributed by atoms with E-state index < -0.39 is 11.8 Å². The number of nitriles is 2. The van der Waals surface area contributed by atoms with Crippen molar-refractivity contribution in [2.24, 2.45) is 23.7 Å². The summed E-state index contributed by atoms with van der Waals surface area (Å²) in [5.41, 5.74) is 5.72. The molecule has 4 aromatic rings. The molecule has 65 heavy (non-hydrogen) atoms. The van der Waals surface area contributed by atoms with Crippen molar-refractivity contribution in [3.8, 4) is 45.9 Å². The monoisotopic (exact) mass is 877 g/mol. The average Bonchev–Trinajstić information content (AvgIpc) is 3.98. The van der Waals surface area contributed by atoms with Crippen LogP contribution >= 0.6 is 0 Å². The van der Waals surface area contributed by atoms with Crippen molar-refractivity contribution in [2.45, 2.75) is 122 Å². The van der Waals surface area contributed by atoms with E-state index in [-0.39, 0.29) is 23.8 Å². The van der Waals surface area contributed by atoms with E-state index >= 15 is 0 Å². The van der Waals surface area contributed by atoms with Gasteiger partial charge in [0, 0.05) is 0 Å². The Morgan fingerprint density at radius 3 is 0.985 bits per heavy atom. The Labute approximate surface area is 388 Å². The summed E-state index contributed by atoms with van der Waals surface area (Å²) in [5, 5.41) is 18.0. The van der Waals surface area contributed by atoms with Crippen LogP contribution < -0.4 is 9.47 Å². The molecule has 0 aromatic heterocycles. The fourth-order valence-electron chi connectivity index (χ4n) is 9.23. The molecule has 342 valence electrons. The van der Waals surface area contributed by atoms with Gasteiger partial charge in [0.25, 0.3) is 0 Å². The highest BCUT2D eigenvalue weighted by Crippen LogP contribution is 2.49. The lowest BCUT2D eigenvalue weighted by Crippen LogP contribution is -2.35. The maximum atomic E-state index is 13.2. The van der Waals surface area contributed by atoms with E-state index in [1.165, 1.54) is 51.4 Å². The predicted molar refractivity (Wildman–Crippen MR) is 257 cm³/mol. The molecule has 4 atom stereocenters. The quantitative estimate of drug-likeness (QED) is 0.0289. The molecule has 4 aromatic carbocycles. The number of rotatable bonds is 30. The molecule has 2 bridgehead atoms. The number of fused-ring (bicyclic) bond motifs is 2. The van der Waals surface area contributed by atoms with Crippen molar-refractivity contribution in [1.82, 2.24) is 0 Å². The zero-order valence-electron chi connectivity index (χ0n) is 38.3. The summed E-state index contributed by atoms with van der Waals surface area (Å²) in [6.07, 6.45) is 25.2. The van der Waals surface area contributed by atoms with E-state index in [0.29, 0.717) is 24.3 Å². The van der Waals surface area contributed by atoms with Crippen LogP contribution in [-0.2, 0) is 19.1 Å². The van der Waals surface area contributed by atoms with Gasteiger partial charge in [-0.25, -0.2) is 0 Å². The number of carbonyl (C=O) groups is 2. The molecule has 1 fully saturated rings. The van der Waals surface area contributed by atoms with E-state index in [4.69, 9.17) is 29.5 Å². The first-order valence-electron chi connectivity index (χ1n) is 24.5. The Hall–Kier alpha value is -5.86. The topological polar surface area (TPSA) is 119 Å². The van der Waals surface area contributed by atoms with Crippen molar-refractivity contribution in [3.05, 3.63) is 120 Å². The number of unbranched alkanes of at least 4 members (excludes halogenated alkanes) is 16. The van der Waals surface area contributed by atoms with Crippen LogP contribution in [0.4, 0.5) is 0 Å². The molecule has 0 heterocycles. The average molecular weight is 877 g/mol. The van der Waals surface area contributed by atoms with Crippen molar-refractivity contribution < 1.29 is 28.5 Å². The molecule has 8 heteroatoms. The van der Waals surface area contributed by atoms with Crippen LogP contribution in [0, 0.1) is 46.3 Å². The second kappa shape index (κ2) is 27.5. The van der Waals surface area contributed by atoms with Crippen LogP contribution in [0.5, 0.6) is 11.5 Å². The van der Waals surface area contributed by atoms with Crippen LogP contribution in [-0.4, -0.2) is 38.4 Å². The first-order chi connectivity index (χ1) is 32.0. The second-order valence-electron chi connectivity index (χ2n) is 17.8. The van der Waals surface area contributed by atoms with E-state index in [2.05, 4.69) is 48.6 Å². The number of hydrogen-bond donors (Lipinski definition) is 0. The lowest BCUT2D eigenvalue weighted by atomic mass is 9.83. The minimum Gasteiger partial charge on any atom is -0.494 e. The van der Waals surface area contributed by atoms with E-state index in [1.54, 1.807) is 0 Å². The van der Waals surface area contributed by atoms with Gasteiger partial charge in [0.2, 0.25) is 0 Å². The molecule has 0 aliphatic heterocycles. The maximum absolute atomic E-state index is 13.2. The van der Waals surface area contributed by atoms with Crippen molar-refractivity contribution in [1.29, 1.82) is 10.5 Å². The Morgan fingerprint density at radius 2 is 0.677 bits per heavy atom. The summed E-state index contributed by atoms with van der Waals surface area (Å²) in [6.45, 7) is 2.28. The number of allylic oxidation sites excluding steroid dienone is 2.